The minimum atomic E-state index is -4.16. The van der Waals surface area contributed by atoms with Gasteiger partial charge in [0.1, 0.15) is 29.9 Å². The normalized spacial score (nSPS) is 32.8. The van der Waals surface area contributed by atoms with E-state index in [1.54, 1.807) is 0 Å². The van der Waals surface area contributed by atoms with Crippen LogP contribution in [0.1, 0.15) is 24.3 Å². The molecule has 14 heteroatoms. The fraction of sp³-hybridized carbons (Fsp3) is 0.444. The van der Waals surface area contributed by atoms with Crippen molar-refractivity contribution in [1.29, 1.82) is 0 Å². The van der Waals surface area contributed by atoms with Crippen LogP contribution in [0.5, 0.6) is 0 Å². The number of hydrogen-bond acceptors (Lipinski definition) is 10. The highest BCUT2D eigenvalue weighted by molar-refractivity contribution is 7.48. The van der Waals surface area contributed by atoms with Crippen LogP contribution in [0.25, 0.3) is 0 Å². The third-order valence-corrected chi connectivity index (χ3v) is 6.76. The quantitative estimate of drug-likeness (QED) is 0.524. The van der Waals surface area contributed by atoms with E-state index >= 15 is 0 Å². The van der Waals surface area contributed by atoms with Gasteiger partial charge in [-0.3, -0.25) is 18.1 Å². The highest BCUT2D eigenvalue weighted by Gasteiger charge is 2.46. The molecule has 0 spiro atoms. The van der Waals surface area contributed by atoms with Crippen molar-refractivity contribution in [2.45, 2.75) is 37.1 Å². The maximum Gasteiger partial charge on any atom is 0.475 e. The molecule has 0 saturated carbocycles. The number of halogens is 2. The number of benzene rings is 1. The number of anilines is 1. The zero-order valence-electron chi connectivity index (χ0n) is 16.4. The summed E-state index contributed by atoms with van der Waals surface area (Å²) in [6.45, 7) is -0.548. The Kier molecular flexibility index (Phi) is 6.66. The Labute approximate surface area is 186 Å². The van der Waals surface area contributed by atoms with Crippen molar-refractivity contribution in [2.24, 2.45) is 0 Å². The van der Waals surface area contributed by atoms with E-state index < -0.39 is 56.6 Å². The number of aliphatic hydroxyl groups excluding tert-OH is 2. The van der Waals surface area contributed by atoms with E-state index in [0.717, 1.165) is 4.57 Å². The second-order valence-electron chi connectivity index (χ2n) is 7.21. The molecule has 0 radical (unpaired) electrons. The molecule has 4 rings (SSSR count). The summed E-state index contributed by atoms with van der Waals surface area (Å²) in [5, 5.41) is 20.9. The Bertz CT molecular complexity index is 1100. The first-order chi connectivity index (χ1) is 15.2. The standard InChI is InChI=1S/C18H20ClFN3O8P/c19-9-1-2-11(20)10(7-9)12-4-6-28-32(27,31-12)29-8-13-15(24)16(25)17(30-13)23-5-3-14(21)22-18(23)26/h1-3,5,7,12-13,15-17,24-25H,4,6,8H2,(H2,21,22,26)/t12-,13-,15-,16+,17-,32?/m1/s1. The molecular formula is C18H20ClFN3O8P. The van der Waals surface area contributed by atoms with Crippen molar-refractivity contribution >= 4 is 25.2 Å². The second kappa shape index (κ2) is 9.16. The van der Waals surface area contributed by atoms with Gasteiger partial charge in [0.25, 0.3) is 0 Å². The van der Waals surface area contributed by atoms with Crippen LogP contribution in [-0.2, 0) is 22.9 Å². The van der Waals surface area contributed by atoms with Gasteiger partial charge in [-0.2, -0.15) is 4.98 Å². The molecule has 0 amide bonds. The molecule has 1 aromatic heterocycles. The highest BCUT2D eigenvalue weighted by Crippen LogP contribution is 2.57. The van der Waals surface area contributed by atoms with Gasteiger partial charge < -0.3 is 20.7 Å². The third-order valence-electron chi connectivity index (χ3n) is 5.05. The Hall–Kier alpha value is -1.89. The monoisotopic (exact) mass is 491 g/mol. The zero-order valence-corrected chi connectivity index (χ0v) is 18.1. The average molecular weight is 492 g/mol. The van der Waals surface area contributed by atoms with Gasteiger partial charge in [-0.1, -0.05) is 11.6 Å². The molecular weight excluding hydrogens is 472 g/mol. The smallest absolute Gasteiger partial charge is 0.387 e. The Morgan fingerprint density at radius 1 is 1.34 bits per heavy atom. The summed E-state index contributed by atoms with van der Waals surface area (Å²) in [4.78, 5) is 15.5. The lowest BCUT2D eigenvalue weighted by Gasteiger charge is -2.30. The molecule has 2 fully saturated rings. The molecule has 0 bridgehead atoms. The summed E-state index contributed by atoms with van der Waals surface area (Å²) in [5.74, 6) is -0.606. The molecule has 32 heavy (non-hydrogen) atoms. The minimum absolute atomic E-state index is 0.0189. The molecule has 2 aromatic rings. The topological polar surface area (TPSA) is 155 Å². The number of aromatic nitrogens is 2. The maximum absolute atomic E-state index is 14.2. The predicted molar refractivity (Wildman–Crippen MR) is 108 cm³/mol. The van der Waals surface area contributed by atoms with E-state index in [2.05, 4.69) is 4.98 Å². The molecule has 3 heterocycles. The van der Waals surface area contributed by atoms with Crippen LogP contribution < -0.4 is 11.4 Å². The zero-order chi connectivity index (χ0) is 23.0. The summed E-state index contributed by atoms with van der Waals surface area (Å²) >= 11 is 5.91. The van der Waals surface area contributed by atoms with Gasteiger partial charge in [0.05, 0.1) is 19.3 Å². The van der Waals surface area contributed by atoms with Crippen LogP contribution >= 0.6 is 19.4 Å². The number of phosphoric acid groups is 1. The summed E-state index contributed by atoms with van der Waals surface area (Å²) in [6, 6.07) is 5.23. The van der Waals surface area contributed by atoms with Crippen molar-refractivity contribution < 1.29 is 37.5 Å². The van der Waals surface area contributed by atoms with Crippen molar-refractivity contribution in [1.82, 2.24) is 9.55 Å². The van der Waals surface area contributed by atoms with Gasteiger partial charge in [-0.05, 0) is 24.3 Å². The number of nitrogens with two attached hydrogens (primary N) is 1. The summed E-state index contributed by atoms with van der Waals surface area (Å²) in [6.07, 6.45) is -4.91. The van der Waals surface area contributed by atoms with Crippen molar-refractivity contribution in [2.75, 3.05) is 18.9 Å². The van der Waals surface area contributed by atoms with Gasteiger partial charge in [0, 0.05) is 23.2 Å². The Morgan fingerprint density at radius 3 is 2.88 bits per heavy atom. The SMILES string of the molecule is Nc1ccn([C@@H]2O[C@H](COP3(=O)OCC[C@H](c4cc(Cl)ccc4F)O3)[C@@H](O)[C@@H]2O)c(=O)n1. The first-order valence-electron chi connectivity index (χ1n) is 9.55. The second-order valence-corrected chi connectivity index (χ2v) is 9.27. The fourth-order valence-corrected chi connectivity index (χ4v) is 5.00. The summed E-state index contributed by atoms with van der Waals surface area (Å²) in [7, 11) is -4.16. The lowest BCUT2D eigenvalue weighted by atomic mass is 10.1. The Morgan fingerprint density at radius 2 is 2.12 bits per heavy atom. The number of nitrogens with zero attached hydrogens (tertiary/aromatic N) is 2. The molecule has 1 aromatic carbocycles. The van der Waals surface area contributed by atoms with Gasteiger partial charge in [-0.15, -0.1) is 0 Å². The van der Waals surface area contributed by atoms with Crippen LogP contribution in [-0.4, -0.2) is 51.3 Å². The lowest BCUT2D eigenvalue weighted by Crippen LogP contribution is -2.36. The highest BCUT2D eigenvalue weighted by atomic mass is 35.5. The number of phosphoric ester groups is 1. The lowest BCUT2D eigenvalue weighted by molar-refractivity contribution is -0.0610. The molecule has 11 nitrogen and oxygen atoms in total. The van der Waals surface area contributed by atoms with E-state index in [9.17, 15) is 24.0 Å². The van der Waals surface area contributed by atoms with E-state index in [1.165, 1.54) is 30.5 Å². The van der Waals surface area contributed by atoms with Gasteiger partial charge in [0.15, 0.2) is 6.23 Å². The first kappa shape index (κ1) is 23.3. The van der Waals surface area contributed by atoms with Crippen LogP contribution in [0.3, 0.4) is 0 Å². The van der Waals surface area contributed by atoms with Gasteiger partial charge in [-0.25, -0.2) is 13.8 Å². The summed E-state index contributed by atoms with van der Waals surface area (Å²) < 4.78 is 49.3. The maximum atomic E-state index is 14.2. The van der Waals surface area contributed by atoms with Gasteiger partial charge >= 0.3 is 13.5 Å². The number of aliphatic hydroxyl groups is 2. The number of ether oxygens (including phenoxy) is 1. The van der Waals surface area contributed by atoms with Crippen LogP contribution in [0.15, 0.2) is 35.3 Å². The van der Waals surface area contributed by atoms with E-state index in [-0.39, 0.29) is 29.4 Å². The molecule has 2 aliphatic heterocycles. The van der Waals surface area contributed by atoms with Crippen molar-refractivity contribution in [3.05, 3.63) is 57.3 Å². The molecule has 0 aliphatic carbocycles. The van der Waals surface area contributed by atoms with Crippen LogP contribution in [0.4, 0.5) is 10.2 Å². The molecule has 4 N–H and O–H groups in total. The van der Waals surface area contributed by atoms with Crippen LogP contribution in [0, 0.1) is 5.82 Å². The van der Waals surface area contributed by atoms with Crippen LogP contribution in [0.2, 0.25) is 5.02 Å². The largest absolute Gasteiger partial charge is 0.475 e. The predicted octanol–water partition coefficient (Wildman–Crippen LogP) is 1.54. The number of hydrogen-bond donors (Lipinski definition) is 3. The molecule has 6 atom stereocenters. The van der Waals surface area contributed by atoms with E-state index in [0.29, 0.717) is 0 Å². The molecule has 1 unspecified atom stereocenters. The molecule has 2 aliphatic rings. The molecule has 174 valence electrons. The number of rotatable bonds is 5. The van der Waals surface area contributed by atoms with E-state index in [4.69, 9.17) is 35.6 Å². The minimum Gasteiger partial charge on any atom is -0.387 e. The number of nitrogen functional groups attached to an aromatic ring is 1. The summed E-state index contributed by atoms with van der Waals surface area (Å²) in [5.41, 5.74) is 4.76. The Balaban J connectivity index is 1.44. The van der Waals surface area contributed by atoms with Gasteiger partial charge in [0.2, 0.25) is 0 Å². The fourth-order valence-electron chi connectivity index (χ4n) is 3.43. The molecule has 2 saturated heterocycles. The van der Waals surface area contributed by atoms with Crippen molar-refractivity contribution in [3.8, 4) is 0 Å². The average Bonchev–Trinajstić information content (AvgIpc) is 3.02. The third kappa shape index (κ3) is 4.73. The first-order valence-corrected chi connectivity index (χ1v) is 11.4. The van der Waals surface area contributed by atoms with Crippen molar-refractivity contribution in [3.63, 3.8) is 0 Å². The van der Waals surface area contributed by atoms with E-state index in [1.807, 2.05) is 0 Å².